The maximum absolute atomic E-state index is 12.7. The van der Waals surface area contributed by atoms with E-state index in [9.17, 15) is 4.79 Å². The Kier molecular flexibility index (Phi) is 5.28. The van der Waals surface area contributed by atoms with E-state index in [1.54, 1.807) is 0 Å². The molecule has 1 heterocycles. The Balaban J connectivity index is 1.72. The molecule has 3 rings (SSSR count). The molecule has 0 fully saturated rings. The number of rotatable bonds is 5. The summed E-state index contributed by atoms with van der Waals surface area (Å²) in [5.74, 6) is 0.824. The molecule has 0 atom stereocenters. The van der Waals surface area contributed by atoms with Crippen molar-refractivity contribution in [1.82, 2.24) is 10.2 Å². The third-order valence-corrected chi connectivity index (χ3v) is 5.63. The first-order valence-electron chi connectivity index (χ1n) is 8.50. The van der Waals surface area contributed by atoms with E-state index in [1.165, 1.54) is 28.5 Å². The minimum Gasteiger partial charge on any atom is -0.411 e. The van der Waals surface area contributed by atoms with Crippen molar-refractivity contribution in [1.29, 1.82) is 0 Å². The highest BCUT2D eigenvalue weighted by Gasteiger charge is 2.16. The molecule has 134 valence electrons. The number of nitrogens with zero attached hydrogens (tertiary/aromatic N) is 2. The van der Waals surface area contributed by atoms with E-state index in [0.717, 1.165) is 22.3 Å². The molecule has 0 unspecified atom stereocenters. The second-order valence-electron chi connectivity index (χ2n) is 6.57. The van der Waals surface area contributed by atoms with Gasteiger partial charge in [0.05, 0.1) is 5.75 Å². The fourth-order valence-corrected chi connectivity index (χ4v) is 3.43. The number of hydrogen-bond donors (Lipinski definition) is 0. The van der Waals surface area contributed by atoms with Crippen molar-refractivity contribution in [2.75, 3.05) is 5.75 Å². The Labute approximate surface area is 158 Å². The van der Waals surface area contributed by atoms with Gasteiger partial charge < -0.3 is 4.42 Å². The van der Waals surface area contributed by atoms with Crippen LogP contribution in [0.2, 0.25) is 0 Å². The fourth-order valence-electron chi connectivity index (χ4n) is 2.79. The molecule has 4 nitrogen and oxygen atoms in total. The average Bonchev–Trinajstić information content (AvgIpc) is 3.10. The molecule has 0 radical (unpaired) electrons. The van der Waals surface area contributed by atoms with Crippen LogP contribution in [0.5, 0.6) is 0 Å². The number of carbonyl (C=O) groups excluding carboxylic acids is 1. The van der Waals surface area contributed by atoms with Gasteiger partial charge in [-0.05, 0) is 75.1 Å². The van der Waals surface area contributed by atoms with Gasteiger partial charge in [0.2, 0.25) is 5.89 Å². The van der Waals surface area contributed by atoms with Gasteiger partial charge in [0.1, 0.15) is 0 Å². The normalized spacial score (nSPS) is 11.0. The Morgan fingerprint density at radius 2 is 1.65 bits per heavy atom. The van der Waals surface area contributed by atoms with E-state index >= 15 is 0 Å². The summed E-state index contributed by atoms with van der Waals surface area (Å²) in [6.07, 6.45) is 0. The molecule has 0 aliphatic heterocycles. The van der Waals surface area contributed by atoms with E-state index in [-0.39, 0.29) is 11.5 Å². The first-order chi connectivity index (χ1) is 12.4. The summed E-state index contributed by atoms with van der Waals surface area (Å²) in [4.78, 5) is 12.7. The first kappa shape index (κ1) is 18.4. The van der Waals surface area contributed by atoms with Gasteiger partial charge in [-0.15, -0.1) is 10.2 Å². The SMILES string of the molecule is Cc1ccc(-c2nnc(SCC(=O)c3cc(C)c(C)c(C)c3C)o2)cc1. The molecular formula is C21H22N2O2S. The highest BCUT2D eigenvalue weighted by atomic mass is 32.2. The lowest BCUT2D eigenvalue weighted by molar-refractivity contribution is 0.102. The maximum Gasteiger partial charge on any atom is 0.277 e. The quantitative estimate of drug-likeness (QED) is 0.456. The van der Waals surface area contributed by atoms with E-state index in [2.05, 4.69) is 24.0 Å². The van der Waals surface area contributed by atoms with E-state index in [0.29, 0.717) is 11.1 Å². The summed E-state index contributed by atoms with van der Waals surface area (Å²) in [5.41, 5.74) is 7.43. The van der Waals surface area contributed by atoms with Crippen LogP contribution in [0.4, 0.5) is 0 Å². The van der Waals surface area contributed by atoms with Crippen LogP contribution in [0, 0.1) is 34.6 Å². The molecule has 0 spiro atoms. The van der Waals surface area contributed by atoms with Crippen LogP contribution >= 0.6 is 11.8 Å². The Bertz CT molecular complexity index is 959. The average molecular weight is 366 g/mol. The van der Waals surface area contributed by atoms with Crippen LogP contribution in [0.25, 0.3) is 11.5 Å². The molecule has 3 aromatic rings. The van der Waals surface area contributed by atoms with Crippen molar-refractivity contribution in [2.24, 2.45) is 0 Å². The predicted octanol–water partition coefficient (Wildman–Crippen LogP) is 5.25. The first-order valence-corrected chi connectivity index (χ1v) is 9.49. The lowest BCUT2D eigenvalue weighted by Crippen LogP contribution is -2.08. The highest BCUT2D eigenvalue weighted by Crippen LogP contribution is 2.26. The molecule has 0 N–H and O–H groups in total. The third-order valence-electron chi connectivity index (χ3n) is 4.81. The summed E-state index contributed by atoms with van der Waals surface area (Å²) in [7, 11) is 0. The van der Waals surface area contributed by atoms with E-state index < -0.39 is 0 Å². The van der Waals surface area contributed by atoms with Gasteiger partial charge in [0, 0.05) is 11.1 Å². The van der Waals surface area contributed by atoms with Crippen molar-refractivity contribution in [3.8, 4) is 11.5 Å². The van der Waals surface area contributed by atoms with E-state index in [1.807, 2.05) is 51.1 Å². The summed E-state index contributed by atoms with van der Waals surface area (Å²) >= 11 is 1.28. The minimum absolute atomic E-state index is 0.0776. The lowest BCUT2D eigenvalue weighted by atomic mass is 9.93. The topological polar surface area (TPSA) is 56.0 Å². The van der Waals surface area contributed by atoms with Gasteiger partial charge in [-0.3, -0.25) is 4.79 Å². The molecule has 0 saturated heterocycles. The van der Waals surface area contributed by atoms with Gasteiger partial charge in [0.15, 0.2) is 5.78 Å². The Hall–Kier alpha value is -2.40. The fraction of sp³-hybridized carbons (Fsp3) is 0.286. The Morgan fingerprint density at radius 3 is 2.35 bits per heavy atom. The van der Waals surface area contributed by atoms with Gasteiger partial charge in [0.25, 0.3) is 5.22 Å². The zero-order valence-electron chi connectivity index (χ0n) is 15.7. The van der Waals surface area contributed by atoms with Crippen LogP contribution in [-0.4, -0.2) is 21.7 Å². The van der Waals surface area contributed by atoms with Crippen molar-refractivity contribution >= 4 is 17.5 Å². The summed E-state index contributed by atoms with van der Waals surface area (Å²) < 4.78 is 5.68. The largest absolute Gasteiger partial charge is 0.411 e. The van der Waals surface area contributed by atoms with Gasteiger partial charge in [-0.2, -0.15) is 0 Å². The molecule has 5 heteroatoms. The molecule has 0 aliphatic carbocycles. The van der Waals surface area contributed by atoms with Crippen molar-refractivity contribution in [3.63, 3.8) is 0 Å². The highest BCUT2D eigenvalue weighted by molar-refractivity contribution is 7.99. The minimum atomic E-state index is 0.0776. The Morgan fingerprint density at radius 1 is 0.962 bits per heavy atom. The maximum atomic E-state index is 12.7. The smallest absolute Gasteiger partial charge is 0.277 e. The number of aryl methyl sites for hydroxylation is 2. The van der Waals surface area contributed by atoms with E-state index in [4.69, 9.17) is 4.42 Å². The van der Waals surface area contributed by atoms with Gasteiger partial charge in [-0.1, -0.05) is 29.5 Å². The van der Waals surface area contributed by atoms with Gasteiger partial charge in [-0.25, -0.2) is 0 Å². The number of thioether (sulfide) groups is 1. The predicted molar refractivity (Wildman–Crippen MR) is 105 cm³/mol. The zero-order chi connectivity index (χ0) is 18.8. The van der Waals surface area contributed by atoms with Crippen molar-refractivity contribution < 1.29 is 9.21 Å². The molecule has 0 amide bonds. The zero-order valence-corrected chi connectivity index (χ0v) is 16.5. The molecule has 1 aromatic heterocycles. The lowest BCUT2D eigenvalue weighted by Gasteiger charge is -2.13. The number of carbonyl (C=O) groups is 1. The number of benzene rings is 2. The second-order valence-corrected chi connectivity index (χ2v) is 7.49. The molecule has 2 aromatic carbocycles. The molecule has 0 aliphatic rings. The van der Waals surface area contributed by atoms with Crippen LogP contribution < -0.4 is 0 Å². The number of ketones is 1. The third kappa shape index (κ3) is 3.73. The standard InChI is InChI=1S/C21H22N2O2S/c1-12-6-8-17(9-7-12)20-22-23-21(25-20)26-11-19(24)18-10-13(2)14(3)15(4)16(18)5/h6-10H,11H2,1-5H3. The molecule has 26 heavy (non-hydrogen) atoms. The number of hydrogen-bond acceptors (Lipinski definition) is 5. The summed E-state index contributed by atoms with van der Waals surface area (Å²) in [6.45, 7) is 10.2. The summed E-state index contributed by atoms with van der Waals surface area (Å²) in [5, 5.41) is 8.53. The second kappa shape index (κ2) is 7.46. The number of aromatic nitrogens is 2. The van der Waals surface area contributed by atoms with Crippen LogP contribution in [0.1, 0.15) is 38.2 Å². The molecule has 0 bridgehead atoms. The monoisotopic (exact) mass is 366 g/mol. The molecule has 0 saturated carbocycles. The van der Waals surface area contributed by atoms with Crippen LogP contribution in [-0.2, 0) is 0 Å². The number of Topliss-reactive ketones (excluding diaryl/α,β-unsaturated/α-hetero) is 1. The van der Waals surface area contributed by atoms with Crippen LogP contribution in [0.3, 0.4) is 0 Å². The van der Waals surface area contributed by atoms with Crippen LogP contribution in [0.15, 0.2) is 40.0 Å². The molecular weight excluding hydrogens is 344 g/mol. The van der Waals surface area contributed by atoms with Crippen molar-refractivity contribution in [3.05, 3.63) is 63.7 Å². The summed E-state index contributed by atoms with van der Waals surface area (Å²) in [6, 6.07) is 9.88. The van der Waals surface area contributed by atoms with Gasteiger partial charge >= 0.3 is 0 Å². The van der Waals surface area contributed by atoms with Crippen molar-refractivity contribution in [2.45, 2.75) is 39.8 Å².